The van der Waals surface area contributed by atoms with Crippen LogP contribution >= 0.6 is 0 Å². The smallest absolute Gasteiger partial charge is 0.335 e. The summed E-state index contributed by atoms with van der Waals surface area (Å²) in [6, 6.07) is 0. The molecule has 1 unspecified atom stereocenters. The molecule has 0 aliphatic heterocycles. The molecule has 6 nitrogen and oxygen atoms in total. The van der Waals surface area contributed by atoms with Crippen molar-refractivity contribution in [2.45, 2.75) is 96.8 Å². The second kappa shape index (κ2) is 17.8. The largest absolute Gasteiger partial charge is 0.462 e. The van der Waals surface area contributed by atoms with Crippen molar-refractivity contribution in [3.05, 3.63) is 24.3 Å². The van der Waals surface area contributed by atoms with Crippen molar-refractivity contribution < 1.29 is 28.9 Å². The minimum atomic E-state index is -0.608. The lowest BCUT2D eigenvalue weighted by Gasteiger charge is -2.38. The number of aliphatic hydroxyl groups is 1. The van der Waals surface area contributed by atoms with Crippen LogP contribution in [0, 0.1) is 29.6 Å². The summed E-state index contributed by atoms with van der Waals surface area (Å²) in [4.78, 5) is 24.1. The maximum atomic E-state index is 12.2. The number of esters is 2. The van der Waals surface area contributed by atoms with E-state index in [0.717, 1.165) is 30.6 Å². The van der Waals surface area contributed by atoms with E-state index in [-0.39, 0.29) is 36.9 Å². The number of hydrogen-bond acceptors (Lipinski definition) is 6. The number of aliphatic hydroxyl groups excluding tert-OH is 1. The Kier molecular flexibility index (Phi) is 15.2. The third kappa shape index (κ3) is 11.7. The van der Waals surface area contributed by atoms with Crippen LogP contribution in [0.15, 0.2) is 24.3 Å². The number of methoxy groups -OCH3 is 1. The van der Waals surface area contributed by atoms with E-state index in [2.05, 4.69) is 20.1 Å². The maximum absolute atomic E-state index is 12.2. The molecule has 2 saturated carbocycles. The van der Waals surface area contributed by atoms with Crippen molar-refractivity contribution >= 4 is 11.9 Å². The highest BCUT2D eigenvalue weighted by Gasteiger charge is 2.31. The highest BCUT2D eigenvalue weighted by molar-refractivity contribution is 5.88. The molecule has 0 aromatic rings. The molecule has 212 valence electrons. The molecule has 0 amide bonds. The Balaban J connectivity index is 1.75. The Morgan fingerprint density at radius 1 is 0.811 bits per heavy atom. The number of carbonyl (C=O) groups excluding carboxylic acids is 2. The summed E-state index contributed by atoms with van der Waals surface area (Å²) in [6.07, 6.45) is 18.3. The monoisotopic (exact) mass is 520 g/mol. The van der Waals surface area contributed by atoms with Gasteiger partial charge >= 0.3 is 11.9 Å². The molecule has 0 spiro atoms. The third-order valence-electron chi connectivity index (χ3n) is 8.64. The van der Waals surface area contributed by atoms with E-state index in [1.54, 1.807) is 0 Å². The zero-order valence-corrected chi connectivity index (χ0v) is 23.5. The molecule has 0 bridgehead atoms. The van der Waals surface area contributed by atoms with Gasteiger partial charge in [-0.3, -0.25) is 0 Å². The standard InChI is InChI=1S/C31H52O6/c1-5-6-7-8-25-11-15-28(16-12-25)29-17-13-26(14-18-29)9-10-27(21-36-30(33)23(2)19-32)22-37-31(34)24(3)20-35-4/h25-29,32H,2-3,5-22H2,1,4H3. The van der Waals surface area contributed by atoms with Crippen molar-refractivity contribution in [2.75, 3.05) is 33.5 Å². The molecule has 2 fully saturated rings. The topological polar surface area (TPSA) is 82.1 Å². The Labute approximate surface area is 225 Å². The molecule has 0 heterocycles. The van der Waals surface area contributed by atoms with Crippen LogP contribution in [0.3, 0.4) is 0 Å². The van der Waals surface area contributed by atoms with Crippen LogP contribution in [-0.2, 0) is 23.8 Å². The zero-order valence-electron chi connectivity index (χ0n) is 23.5. The lowest BCUT2D eigenvalue weighted by Crippen LogP contribution is -2.27. The molecule has 0 aromatic carbocycles. The van der Waals surface area contributed by atoms with Crippen molar-refractivity contribution in [2.24, 2.45) is 29.6 Å². The second-order valence-corrected chi connectivity index (χ2v) is 11.5. The summed E-state index contributed by atoms with van der Waals surface area (Å²) in [6.45, 7) is 9.49. The van der Waals surface area contributed by atoms with E-state index in [1.807, 2.05) is 0 Å². The van der Waals surface area contributed by atoms with E-state index in [4.69, 9.17) is 19.3 Å². The summed E-state index contributed by atoms with van der Waals surface area (Å²) in [5.41, 5.74) is 0.290. The summed E-state index contributed by atoms with van der Waals surface area (Å²) in [5, 5.41) is 9.11. The van der Waals surface area contributed by atoms with Gasteiger partial charge < -0.3 is 19.3 Å². The van der Waals surface area contributed by atoms with Crippen LogP contribution in [0.4, 0.5) is 0 Å². The number of unbranched alkanes of at least 4 members (excludes halogenated alkanes) is 2. The van der Waals surface area contributed by atoms with Crippen molar-refractivity contribution in [1.29, 1.82) is 0 Å². The Bertz CT molecular complexity index is 700. The average Bonchev–Trinajstić information content (AvgIpc) is 2.92. The van der Waals surface area contributed by atoms with Gasteiger partial charge in [0.05, 0.1) is 37.6 Å². The number of ether oxygens (including phenoxy) is 3. The van der Waals surface area contributed by atoms with Crippen LogP contribution in [0.25, 0.3) is 0 Å². The lowest BCUT2D eigenvalue weighted by molar-refractivity contribution is -0.145. The molecular weight excluding hydrogens is 468 g/mol. The molecule has 1 N–H and O–H groups in total. The van der Waals surface area contributed by atoms with E-state index in [1.165, 1.54) is 84.2 Å². The SMILES string of the molecule is C=C(CO)C(=O)OCC(CCC1CCC(C2CCC(CCCCC)CC2)CC1)COC(=O)C(=C)COC. The highest BCUT2D eigenvalue weighted by Crippen LogP contribution is 2.43. The van der Waals surface area contributed by atoms with Crippen LogP contribution in [0.5, 0.6) is 0 Å². The fraction of sp³-hybridized carbons (Fsp3) is 0.806. The van der Waals surface area contributed by atoms with Crippen molar-refractivity contribution in [3.8, 4) is 0 Å². The van der Waals surface area contributed by atoms with Gasteiger partial charge in [0, 0.05) is 13.0 Å². The number of rotatable bonds is 17. The first-order valence-corrected chi connectivity index (χ1v) is 14.7. The van der Waals surface area contributed by atoms with Crippen LogP contribution < -0.4 is 0 Å². The van der Waals surface area contributed by atoms with Gasteiger partial charge in [0.2, 0.25) is 0 Å². The van der Waals surface area contributed by atoms with Gasteiger partial charge in [-0.2, -0.15) is 0 Å². The van der Waals surface area contributed by atoms with Crippen LogP contribution in [0.2, 0.25) is 0 Å². The fourth-order valence-electron chi connectivity index (χ4n) is 6.15. The Morgan fingerprint density at radius 2 is 1.32 bits per heavy atom. The molecule has 0 radical (unpaired) electrons. The predicted octanol–water partition coefficient (Wildman–Crippen LogP) is 6.41. The van der Waals surface area contributed by atoms with Gasteiger partial charge in [-0.1, -0.05) is 71.4 Å². The first-order chi connectivity index (χ1) is 17.9. The van der Waals surface area contributed by atoms with Gasteiger partial charge in [0.1, 0.15) is 0 Å². The number of hydrogen-bond donors (Lipinski definition) is 1. The Morgan fingerprint density at radius 3 is 1.81 bits per heavy atom. The van der Waals surface area contributed by atoms with Gasteiger partial charge in [-0.25, -0.2) is 9.59 Å². The number of carbonyl (C=O) groups is 2. The first kappa shape index (κ1) is 31.6. The Hall–Kier alpha value is -1.66. The quantitative estimate of drug-likeness (QED) is 0.135. The van der Waals surface area contributed by atoms with Crippen molar-refractivity contribution in [3.63, 3.8) is 0 Å². The minimum absolute atomic E-state index is 0.0255. The average molecular weight is 521 g/mol. The lowest BCUT2D eigenvalue weighted by atomic mass is 9.68. The summed E-state index contributed by atoms with van der Waals surface area (Å²) in [7, 11) is 1.50. The van der Waals surface area contributed by atoms with E-state index in [0.29, 0.717) is 5.92 Å². The molecule has 0 saturated heterocycles. The summed E-state index contributed by atoms with van der Waals surface area (Å²) < 4.78 is 15.7. The molecule has 2 aliphatic rings. The first-order valence-electron chi connectivity index (χ1n) is 14.7. The molecule has 2 rings (SSSR count). The molecule has 6 heteroatoms. The zero-order chi connectivity index (χ0) is 27.0. The highest BCUT2D eigenvalue weighted by atomic mass is 16.5. The van der Waals surface area contributed by atoms with Gasteiger partial charge in [0.25, 0.3) is 0 Å². The van der Waals surface area contributed by atoms with Gasteiger partial charge in [-0.15, -0.1) is 0 Å². The van der Waals surface area contributed by atoms with Gasteiger partial charge in [0.15, 0.2) is 0 Å². The maximum Gasteiger partial charge on any atom is 0.335 e. The molecular formula is C31H52O6. The van der Waals surface area contributed by atoms with Crippen LogP contribution in [-0.4, -0.2) is 50.6 Å². The fourth-order valence-corrected chi connectivity index (χ4v) is 6.15. The second-order valence-electron chi connectivity index (χ2n) is 11.5. The molecule has 0 aromatic heterocycles. The summed E-state index contributed by atoms with van der Waals surface area (Å²) >= 11 is 0. The van der Waals surface area contributed by atoms with Crippen LogP contribution in [0.1, 0.15) is 96.8 Å². The molecule has 1 atom stereocenters. The third-order valence-corrected chi connectivity index (χ3v) is 8.64. The summed E-state index contributed by atoms with van der Waals surface area (Å²) in [5.74, 6) is 2.26. The van der Waals surface area contributed by atoms with Crippen molar-refractivity contribution in [1.82, 2.24) is 0 Å². The predicted molar refractivity (Wildman–Crippen MR) is 147 cm³/mol. The minimum Gasteiger partial charge on any atom is -0.462 e. The van der Waals surface area contributed by atoms with E-state index in [9.17, 15) is 9.59 Å². The van der Waals surface area contributed by atoms with E-state index >= 15 is 0 Å². The normalized spacial score (nSPS) is 24.7. The molecule has 2 aliphatic carbocycles. The van der Waals surface area contributed by atoms with E-state index < -0.39 is 18.5 Å². The molecule has 37 heavy (non-hydrogen) atoms. The van der Waals surface area contributed by atoms with Gasteiger partial charge in [-0.05, 0) is 62.2 Å².